The molecule has 4 aliphatic carbocycles. The van der Waals surface area contributed by atoms with E-state index in [4.69, 9.17) is 11.6 Å². The van der Waals surface area contributed by atoms with Crippen molar-refractivity contribution in [2.75, 3.05) is 0 Å². The minimum atomic E-state index is -0.711. The first-order valence-electron chi connectivity index (χ1n) is 11.5. The highest BCUT2D eigenvalue weighted by Crippen LogP contribution is 2.73. The van der Waals surface area contributed by atoms with Gasteiger partial charge in [-0.05, 0) is 61.3 Å². The zero-order valence-corrected chi connectivity index (χ0v) is 19.6. The smallest absolute Gasteiger partial charge is 0.139 e. The van der Waals surface area contributed by atoms with E-state index < -0.39 is 11.0 Å². The Hall–Kier alpha value is -0.860. The van der Waals surface area contributed by atoms with Crippen molar-refractivity contribution in [3.63, 3.8) is 0 Å². The molecule has 0 aromatic carbocycles. The lowest BCUT2D eigenvalue weighted by atomic mass is 9.44. The highest BCUT2D eigenvalue weighted by atomic mass is 35.5. The number of hydrogen-bond donors (Lipinski definition) is 1. The second-order valence-corrected chi connectivity index (χ2v) is 11.4. The van der Waals surface area contributed by atoms with Crippen LogP contribution in [0, 0.1) is 34.0 Å². The van der Waals surface area contributed by atoms with Crippen molar-refractivity contribution in [3.8, 4) is 0 Å². The number of carbonyl (C=O) groups is 1. The normalized spacial score (nSPS) is 52.6. The molecule has 4 rings (SSSR count). The number of aliphatic hydroxyl groups is 1. The lowest BCUT2D eigenvalue weighted by Crippen LogP contribution is -2.67. The number of allylic oxidation sites excluding steroid dienone is 6. The summed E-state index contributed by atoms with van der Waals surface area (Å²) < 4.78 is 0. The molecule has 4 aliphatic rings. The summed E-state index contributed by atoms with van der Waals surface area (Å²) in [6, 6.07) is 0. The third kappa shape index (κ3) is 2.37. The second kappa shape index (κ2) is 6.57. The van der Waals surface area contributed by atoms with Gasteiger partial charge < -0.3 is 5.11 Å². The molecule has 0 bridgehead atoms. The molecular weight excluding hydrogens is 380 g/mol. The van der Waals surface area contributed by atoms with Crippen molar-refractivity contribution in [1.82, 2.24) is 0 Å². The van der Waals surface area contributed by atoms with Crippen LogP contribution >= 0.6 is 11.6 Å². The lowest BCUT2D eigenvalue weighted by Gasteiger charge is -2.64. The number of ketones is 1. The summed E-state index contributed by atoms with van der Waals surface area (Å²) in [6.07, 6.45) is 12.4. The van der Waals surface area contributed by atoms with Gasteiger partial charge in [0.05, 0.1) is 11.0 Å². The molecule has 0 aromatic rings. The molecule has 0 aromatic heterocycles. The van der Waals surface area contributed by atoms with Gasteiger partial charge in [0.25, 0.3) is 0 Å². The van der Waals surface area contributed by atoms with Crippen molar-refractivity contribution >= 4 is 17.4 Å². The van der Waals surface area contributed by atoms with Gasteiger partial charge in [-0.2, -0.15) is 0 Å². The third-order valence-corrected chi connectivity index (χ3v) is 11.0. The molecule has 3 fully saturated rings. The Bertz CT molecular complexity index is 825. The van der Waals surface area contributed by atoms with Crippen LogP contribution in [-0.4, -0.2) is 21.9 Å². The van der Waals surface area contributed by atoms with Gasteiger partial charge in [0.1, 0.15) is 5.78 Å². The second-order valence-electron chi connectivity index (χ2n) is 10.8. The first-order chi connectivity index (χ1) is 13.5. The molecule has 0 unspecified atom stereocenters. The standard InChI is InChI=1S/C26H37ClO2/c1-7-17-11-12-23(4)18(14-17)9-10-19-20-13-16(3)25(6,21(28)8-2)24(20,5)15-22(29)26(19,23)27/h7,11-12,14,16,19-20,22,29H,8-10,13,15H2,1-6H3/b17-7+/t16-,19-,20-,22-,23-,24-,25+,26-/m0/s1. The Labute approximate surface area is 181 Å². The van der Waals surface area contributed by atoms with Gasteiger partial charge >= 0.3 is 0 Å². The van der Waals surface area contributed by atoms with E-state index in [0.717, 1.165) is 19.3 Å². The Kier molecular flexibility index (Phi) is 4.84. The molecule has 0 spiro atoms. The highest BCUT2D eigenvalue weighted by molar-refractivity contribution is 6.26. The summed E-state index contributed by atoms with van der Waals surface area (Å²) >= 11 is 7.57. The lowest BCUT2D eigenvalue weighted by molar-refractivity contribution is -0.151. The van der Waals surface area contributed by atoms with Crippen LogP contribution in [0.15, 0.2) is 35.5 Å². The minimum absolute atomic E-state index is 0.202. The van der Waals surface area contributed by atoms with E-state index in [2.05, 4.69) is 58.9 Å². The van der Waals surface area contributed by atoms with Crippen molar-refractivity contribution in [1.29, 1.82) is 0 Å². The number of fused-ring (bicyclic) bond motifs is 5. The number of Topliss-reactive ketones (excluding diaryl/α,β-unsaturated/α-hetero) is 1. The number of hydrogen-bond acceptors (Lipinski definition) is 2. The van der Waals surface area contributed by atoms with Gasteiger partial charge in [0.2, 0.25) is 0 Å². The Balaban J connectivity index is 1.83. The first-order valence-corrected chi connectivity index (χ1v) is 11.8. The number of aliphatic hydroxyl groups excluding tert-OH is 1. The van der Waals surface area contributed by atoms with E-state index in [-0.39, 0.29) is 22.2 Å². The van der Waals surface area contributed by atoms with Crippen LogP contribution in [0.2, 0.25) is 0 Å². The maximum absolute atomic E-state index is 13.2. The molecule has 0 amide bonds. The fourth-order valence-electron chi connectivity index (χ4n) is 7.95. The van der Waals surface area contributed by atoms with E-state index in [0.29, 0.717) is 30.5 Å². The predicted octanol–water partition coefficient (Wildman–Crippen LogP) is 6.24. The molecule has 160 valence electrons. The summed E-state index contributed by atoms with van der Waals surface area (Å²) in [5, 5.41) is 11.7. The molecule has 8 atom stereocenters. The summed E-state index contributed by atoms with van der Waals surface area (Å²) in [6.45, 7) is 13.0. The van der Waals surface area contributed by atoms with Crippen LogP contribution in [0.3, 0.4) is 0 Å². The molecule has 0 aliphatic heterocycles. The van der Waals surface area contributed by atoms with Crippen LogP contribution in [0.25, 0.3) is 0 Å². The van der Waals surface area contributed by atoms with Crippen LogP contribution in [0.5, 0.6) is 0 Å². The van der Waals surface area contributed by atoms with E-state index in [1.807, 2.05) is 6.92 Å². The molecular formula is C26H37ClO2. The summed E-state index contributed by atoms with van der Waals surface area (Å²) in [5.41, 5.74) is 1.64. The summed E-state index contributed by atoms with van der Waals surface area (Å²) in [7, 11) is 0. The SMILES string of the molecule is C/C=C1\C=C[C@@]2(C)C(=C1)CC[C@H]1[C@@H]3C[C@H](C)[C@](C)(C(=O)CC)[C@@]3(C)C[C@H](O)[C@@]12Cl. The van der Waals surface area contributed by atoms with E-state index in [9.17, 15) is 9.90 Å². The number of rotatable bonds is 2. The molecule has 2 nitrogen and oxygen atoms in total. The highest BCUT2D eigenvalue weighted by Gasteiger charge is 2.73. The Morgan fingerprint density at radius 2 is 2.00 bits per heavy atom. The fraction of sp³-hybridized carbons (Fsp3) is 0.731. The molecule has 0 saturated heterocycles. The van der Waals surface area contributed by atoms with Gasteiger partial charge in [-0.1, -0.05) is 64.5 Å². The van der Waals surface area contributed by atoms with Gasteiger partial charge in [0.15, 0.2) is 0 Å². The molecule has 0 radical (unpaired) electrons. The average molecular weight is 417 g/mol. The maximum Gasteiger partial charge on any atom is 0.139 e. The quantitative estimate of drug-likeness (QED) is 0.541. The minimum Gasteiger partial charge on any atom is -0.391 e. The molecule has 1 N–H and O–H groups in total. The van der Waals surface area contributed by atoms with Crippen molar-refractivity contribution in [2.45, 2.75) is 84.6 Å². The van der Waals surface area contributed by atoms with Crippen molar-refractivity contribution < 1.29 is 9.90 Å². The van der Waals surface area contributed by atoms with Crippen molar-refractivity contribution in [3.05, 3.63) is 35.5 Å². The largest absolute Gasteiger partial charge is 0.391 e. The predicted molar refractivity (Wildman–Crippen MR) is 120 cm³/mol. The van der Waals surface area contributed by atoms with E-state index in [1.165, 1.54) is 11.1 Å². The number of alkyl halides is 1. The zero-order chi connectivity index (χ0) is 21.4. The number of halogens is 1. The van der Waals surface area contributed by atoms with E-state index in [1.54, 1.807) is 0 Å². The molecule has 29 heavy (non-hydrogen) atoms. The van der Waals surface area contributed by atoms with Gasteiger partial charge in [-0.15, -0.1) is 11.6 Å². The molecule has 3 heteroatoms. The summed E-state index contributed by atoms with van der Waals surface area (Å²) in [5.74, 6) is 1.25. The topological polar surface area (TPSA) is 37.3 Å². The fourth-order valence-corrected chi connectivity index (χ4v) is 8.48. The summed E-state index contributed by atoms with van der Waals surface area (Å²) in [4.78, 5) is 12.5. The van der Waals surface area contributed by atoms with Crippen LogP contribution in [0.4, 0.5) is 0 Å². The third-order valence-electron chi connectivity index (χ3n) is 10.1. The van der Waals surface area contributed by atoms with Crippen molar-refractivity contribution in [2.24, 2.45) is 34.0 Å². The maximum atomic E-state index is 13.2. The monoisotopic (exact) mass is 416 g/mol. The van der Waals surface area contributed by atoms with Gasteiger partial charge in [0, 0.05) is 17.3 Å². The molecule has 3 saturated carbocycles. The zero-order valence-electron chi connectivity index (χ0n) is 18.9. The van der Waals surface area contributed by atoms with Crippen LogP contribution in [-0.2, 0) is 4.79 Å². The molecule has 0 heterocycles. The van der Waals surface area contributed by atoms with Gasteiger partial charge in [-0.3, -0.25) is 4.79 Å². The van der Waals surface area contributed by atoms with Crippen LogP contribution in [0.1, 0.15) is 73.6 Å². The first kappa shape index (κ1) is 21.4. The number of carbonyl (C=O) groups excluding carboxylic acids is 1. The van der Waals surface area contributed by atoms with Gasteiger partial charge in [-0.25, -0.2) is 0 Å². The van der Waals surface area contributed by atoms with Crippen LogP contribution < -0.4 is 0 Å². The van der Waals surface area contributed by atoms with E-state index >= 15 is 0 Å². The Morgan fingerprint density at radius 1 is 1.31 bits per heavy atom. The average Bonchev–Trinajstić information content (AvgIpc) is 2.89. The Morgan fingerprint density at radius 3 is 2.62 bits per heavy atom.